The molecular formula is C8H9NO3. The molecule has 0 aromatic rings. The molecule has 0 bridgehead atoms. The van der Waals surface area contributed by atoms with E-state index in [1.165, 1.54) is 18.5 Å². The zero-order valence-electron chi connectivity index (χ0n) is 6.43. The van der Waals surface area contributed by atoms with E-state index < -0.39 is 5.97 Å². The number of ketones is 1. The van der Waals surface area contributed by atoms with Crippen molar-refractivity contribution < 1.29 is 14.7 Å². The molecule has 0 aliphatic carbocycles. The summed E-state index contributed by atoms with van der Waals surface area (Å²) in [6.07, 6.45) is 4.62. The van der Waals surface area contributed by atoms with E-state index in [0.717, 1.165) is 0 Å². The van der Waals surface area contributed by atoms with Crippen molar-refractivity contribution in [3.8, 4) is 0 Å². The number of allylic oxidation sites excluding steroid dienone is 1. The molecule has 0 aromatic heterocycles. The Morgan fingerprint density at radius 3 is 3.00 bits per heavy atom. The van der Waals surface area contributed by atoms with Gasteiger partial charge in [0.2, 0.25) is 0 Å². The lowest BCUT2D eigenvalue weighted by Gasteiger charge is -2.08. The van der Waals surface area contributed by atoms with Crippen molar-refractivity contribution in [2.24, 2.45) is 10.9 Å². The number of nitrogens with zero attached hydrogens (tertiary/aromatic N) is 1. The van der Waals surface area contributed by atoms with Crippen LogP contribution in [0.3, 0.4) is 0 Å². The van der Waals surface area contributed by atoms with Crippen LogP contribution in [0, 0.1) is 5.92 Å². The zero-order chi connectivity index (χ0) is 8.97. The first kappa shape index (κ1) is 8.64. The topological polar surface area (TPSA) is 66.7 Å². The van der Waals surface area contributed by atoms with Gasteiger partial charge in [-0.3, -0.25) is 14.6 Å². The lowest BCUT2D eigenvalue weighted by Crippen LogP contribution is -2.17. The van der Waals surface area contributed by atoms with Crippen LogP contribution in [0.1, 0.15) is 12.8 Å². The molecule has 12 heavy (non-hydrogen) atoms. The smallest absolute Gasteiger partial charge is 0.303 e. The molecule has 0 saturated carbocycles. The van der Waals surface area contributed by atoms with E-state index in [-0.39, 0.29) is 18.1 Å². The zero-order valence-corrected chi connectivity index (χ0v) is 6.43. The fraction of sp³-hybridized carbons (Fsp3) is 0.375. The summed E-state index contributed by atoms with van der Waals surface area (Å²) in [6, 6.07) is 0. The summed E-state index contributed by atoms with van der Waals surface area (Å²) in [5.74, 6) is -1.29. The van der Waals surface area contributed by atoms with Crippen LogP contribution in [0.25, 0.3) is 0 Å². The largest absolute Gasteiger partial charge is 0.481 e. The first-order valence-corrected chi connectivity index (χ1v) is 3.65. The molecule has 1 rings (SSSR count). The van der Waals surface area contributed by atoms with Crippen LogP contribution in [-0.2, 0) is 9.59 Å². The van der Waals surface area contributed by atoms with Gasteiger partial charge in [-0.25, -0.2) is 0 Å². The minimum absolute atomic E-state index is 0.0102. The SMILES string of the molecule is O=C(O)CCC1C=NC=CC1=O. The molecule has 0 saturated heterocycles. The predicted molar refractivity (Wildman–Crippen MR) is 43.0 cm³/mol. The van der Waals surface area contributed by atoms with Gasteiger partial charge in [-0.15, -0.1) is 0 Å². The van der Waals surface area contributed by atoms with Gasteiger partial charge in [0.1, 0.15) is 0 Å². The van der Waals surface area contributed by atoms with Gasteiger partial charge in [-0.1, -0.05) is 0 Å². The fourth-order valence-corrected chi connectivity index (χ4v) is 0.963. The summed E-state index contributed by atoms with van der Waals surface area (Å²) in [5, 5.41) is 8.36. The lowest BCUT2D eigenvalue weighted by atomic mass is 9.98. The summed E-state index contributed by atoms with van der Waals surface area (Å²) in [6.45, 7) is 0. The number of aliphatic imine (C=N–C) groups is 1. The van der Waals surface area contributed by atoms with E-state index in [4.69, 9.17) is 5.11 Å². The molecule has 4 nitrogen and oxygen atoms in total. The average Bonchev–Trinajstić information content (AvgIpc) is 2.03. The Balaban J connectivity index is 2.42. The minimum Gasteiger partial charge on any atom is -0.481 e. The fourth-order valence-electron chi connectivity index (χ4n) is 0.963. The highest BCUT2D eigenvalue weighted by atomic mass is 16.4. The highest BCUT2D eigenvalue weighted by molar-refractivity contribution is 6.03. The summed E-state index contributed by atoms with van der Waals surface area (Å²) >= 11 is 0. The molecule has 0 aromatic carbocycles. The van der Waals surface area contributed by atoms with Gasteiger partial charge >= 0.3 is 5.97 Å². The molecule has 1 N–H and O–H groups in total. The van der Waals surface area contributed by atoms with Crippen molar-refractivity contribution in [1.29, 1.82) is 0 Å². The molecule has 64 valence electrons. The van der Waals surface area contributed by atoms with Crippen LogP contribution in [0.2, 0.25) is 0 Å². The first-order chi connectivity index (χ1) is 5.70. The second kappa shape index (κ2) is 3.80. The molecule has 0 fully saturated rings. The van der Waals surface area contributed by atoms with Crippen LogP contribution in [0.4, 0.5) is 0 Å². The third kappa shape index (κ3) is 2.30. The Morgan fingerprint density at radius 1 is 1.67 bits per heavy atom. The van der Waals surface area contributed by atoms with Gasteiger partial charge in [-0.2, -0.15) is 0 Å². The number of aliphatic carboxylic acids is 1. The van der Waals surface area contributed by atoms with Crippen molar-refractivity contribution in [3.63, 3.8) is 0 Å². The second-order valence-corrected chi connectivity index (χ2v) is 2.56. The second-order valence-electron chi connectivity index (χ2n) is 2.56. The Hall–Kier alpha value is -1.45. The van der Waals surface area contributed by atoms with Crippen molar-refractivity contribution in [1.82, 2.24) is 0 Å². The van der Waals surface area contributed by atoms with Gasteiger partial charge in [0.25, 0.3) is 0 Å². The molecule has 0 radical (unpaired) electrons. The lowest BCUT2D eigenvalue weighted by molar-refractivity contribution is -0.137. The quantitative estimate of drug-likeness (QED) is 0.670. The van der Waals surface area contributed by atoms with Gasteiger partial charge in [0.15, 0.2) is 5.78 Å². The molecular weight excluding hydrogens is 158 g/mol. The van der Waals surface area contributed by atoms with Gasteiger partial charge < -0.3 is 5.11 Å². The first-order valence-electron chi connectivity index (χ1n) is 3.65. The van der Waals surface area contributed by atoms with Gasteiger partial charge in [0.05, 0.1) is 5.92 Å². The Morgan fingerprint density at radius 2 is 2.42 bits per heavy atom. The summed E-state index contributed by atoms with van der Waals surface area (Å²) in [5.41, 5.74) is 0. The highest BCUT2D eigenvalue weighted by Gasteiger charge is 2.16. The number of carbonyl (C=O) groups is 2. The van der Waals surface area contributed by atoms with E-state index in [1.807, 2.05) is 0 Å². The molecule has 1 heterocycles. The van der Waals surface area contributed by atoms with Gasteiger partial charge in [-0.05, 0) is 6.42 Å². The number of hydrogen-bond acceptors (Lipinski definition) is 3. The number of hydrogen-bond donors (Lipinski definition) is 1. The molecule has 1 aliphatic heterocycles. The standard InChI is InChI=1S/C8H9NO3/c10-7-3-4-9-5-6(7)1-2-8(11)12/h3-6H,1-2H2,(H,11,12). The third-order valence-corrected chi connectivity index (χ3v) is 1.63. The molecule has 1 atom stereocenters. The Labute approximate surface area is 69.6 Å². The average molecular weight is 167 g/mol. The maximum Gasteiger partial charge on any atom is 0.303 e. The van der Waals surface area contributed by atoms with Crippen molar-refractivity contribution in [2.75, 3.05) is 0 Å². The van der Waals surface area contributed by atoms with Crippen LogP contribution in [0.15, 0.2) is 17.3 Å². The maximum atomic E-state index is 11.0. The number of carboxylic acids is 1. The summed E-state index contributed by atoms with van der Waals surface area (Å²) in [7, 11) is 0. The van der Waals surface area contributed by atoms with Crippen LogP contribution < -0.4 is 0 Å². The predicted octanol–water partition coefficient (Wildman–Crippen LogP) is 0.635. The number of carbonyl (C=O) groups excluding carboxylic acids is 1. The van der Waals surface area contributed by atoms with Crippen LogP contribution >= 0.6 is 0 Å². The molecule has 4 heteroatoms. The number of rotatable bonds is 3. The van der Waals surface area contributed by atoms with E-state index in [2.05, 4.69) is 4.99 Å². The summed E-state index contributed by atoms with van der Waals surface area (Å²) in [4.78, 5) is 25.0. The highest BCUT2D eigenvalue weighted by Crippen LogP contribution is 2.09. The van der Waals surface area contributed by atoms with Crippen molar-refractivity contribution in [3.05, 3.63) is 12.3 Å². The molecule has 1 aliphatic rings. The minimum atomic E-state index is -0.884. The third-order valence-electron chi connectivity index (χ3n) is 1.63. The Bertz CT molecular complexity index is 255. The normalized spacial score (nSPS) is 21.3. The molecule has 0 spiro atoms. The summed E-state index contributed by atoms with van der Waals surface area (Å²) < 4.78 is 0. The number of carboxylic acid groups (broad SMARTS) is 1. The van der Waals surface area contributed by atoms with Gasteiger partial charge in [0, 0.05) is 24.9 Å². The van der Waals surface area contributed by atoms with Crippen molar-refractivity contribution in [2.45, 2.75) is 12.8 Å². The van der Waals surface area contributed by atoms with E-state index in [1.54, 1.807) is 0 Å². The Kier molecular flexibility index (Phi) is 2.74. The van der Waals surface area contributed by atoms with E-state index in [9.17, 15) is 9.59 Å². The van der Waals surface area contributed by atoms with E-state index >= 15 is 0 Å². The monoisotopic (exact) mass is 167 g/mol. The van der Waals surface area contributed by atoms with Crippen LogP contribution in [0.5, 0.6) is 0 Å². The molecule has 0 amide bonds. The van der Waals surface area contributed by atoms with Crippen molar-refractivity contribution >= 4 is 18.0 Å². The van der Waals surface area contributed by atoms with Crippen LogP contribution in [-0.4, -0.2) is 23.1 Å². The van der Waals surface area contributed by atoms with E-state index in [0.29, 0.717) is 6.42 Å². The molecule has 1 unspecified atom stereocenters. The maximum absolute atomic E-state index is 11.0.